The molecule has 0 aliphatic carbocycles. The Morgan fingerprint density at radius 2 is 1.77 bits per heavy atom. The molecular weight excluding hydrogens is 465 g/mol. The number of hydrogen-bond donors (Lipinski definition) is 0. The number of fused-ring (bicyclic) bond motifs is 1. The summed E-state index contributed by atoms with van der Waals surface area (Å²) in [7, 11) is -1.01. The van der Waals surface area contributed by atoms with Crippen LogP contribution in [0.1, 0.15) is 28.4 Å². The Morgan fingerprint density at radius 3 is 2.42 bits per heavy atom. The van der Waals surface area contributed by atoms with Crippen LogP contribution in [-0.2, 0) is 27.8 Å². The molecule has 1 aromatic heterocycles. The lowest BCUT2D eigenvalue weighted by Crippen LogP contribution is -2.22. The molecule has 0 saturated carbocycles. The summed E-state index contributed by atoms with van der Waals surface area (Å²) in [6, 6.07) is 8.31. The van der Waals surface area contributed by atoms with Gasteiger partial charge < -0.3 is 9.15 Å². The molecule has 0 unspecified atom stereocenters. The lowest BCUT2D eigenvalue weighted by molar-refractivity contribution is 0.0473. The molecule has 10 heteroatoms. The number of rotatable bonds is 6. The van der Waals surface area contributed by atoms with Crippen molar-refractivity contribution < 1.29 is 22.4 Å². The van der Waals surface area contributed by atoms with E-state index in [1.54, 1.807) is 12.1 Å². The fourth-order valence-electron chi connectivity index (χ4n) is 2.93. The van der Waals surface area contributed by atoms with E-state index in [-0.39, 0.29) is 22.1 Å². The highest BCUT2D eigenvalue weighted by Gasteiger charge is 2.22. The Kier molecular flexibility index (Phi) is 6.76. The second-order valence-corrected chi connectivity index (χ2v) is 9.86. The minimum absolute atomic E-state index is 0.0378. The predicted octanol–water partition coefficient (Wildman–Crippen LogP) is 4.27. The summed E-state index contributed by atoms with van der Waals surface area (Å²) in [5, 5.41) is 1.07. The molecule has 0 spiro atoms. The van der Waals surface area contributed by atoms with Crippen molar-refractivity contribution in [3.63, 3.8) is 0 Å². The molecule has 0 N–H and O–H groups in total. The zero-order chi connectivity index (χ0) is 22.9. The first kappa shape index (κ1) is 23.3. The van der Waals surface area contributed by atoms with Crippen molar-refractivity contribution in [3.05, 3.63) is 73.6 Å². The number of esters is 1. The van der Waals surface area contributed by atoms with Gasteiger partial charge in [0.15, 0.2) is 0 Å². The molecule has 0 atom stereocenters. The summed E-state index contributed by atoms with van der Waals surface area (Å²) >= 11 is 12.4. The van der Waals surface area contributed by atoms with Crippen molar-refractivity contribution in [2.45, 2.75) is 24.8 Å². The topological polar surface area (TPSA) is 93.9 Å². The van der Waals surface area contributed by atoms with Gasteiger partial charge in [-0.05, 0) is 42.3 Å². The quantitative estimate of drug-likeness (QED) is 0.383. The summed E-state index contributed by atoms with van der Waals surface area (Å²) in [5.74, 6) is -0.835. The number of aryl methyl sites for hydroxylation is 1. The molecule has 3 rings (SSSR count). The van der Waals surface area contributed by atoms with E-state index in [1.165, 1.54) is 32.3 Å². The fraction of sp³-hybridized carbons (Fsp3) is 0.238. The largest absolute Gasteiger partial charge is 0.457 e. The number of carbonyl (C=O) groups is 1. The minimum Gasteiger partial charge on any atom is -0.457 e. The van der Waals surface area contributed by atoms with Crippen LogP contribution in [0.5, 0.6) is 0 Å². The number of hydrogen-bond acceptors (Lipinski definition) is 6. The maximum atomic E-state index is 12.6. The fourth-order valence-corrected chi connectivity index (χ4v) is 4.35. The van der Waals surface area contributed by atoms with E-state index >= 15 is 0 Å². The zero-order valence-electron chi connectivity index (χ0n) is 16.9. The summed E-state index contributed by atoms with van der Waals surface area (Å²) in [4.78, 5) is 24.5. The van der Waals surface area contributed by atoms with Gasteiger partial charge in [-0.1, -0.05) is 30.1 Å². The van der Waals surface area contributed by atoms with Crippen molar-refractivity contribution in [1.82, 2.24) is 4.31 Å². The summed E-state index contributed by atoms with van der Waals surface area (Å²) in [5.41, 5.74) is 0.842. The van der Waals surface area contributed by atoms with Gasteiger partial charge in [0.1, 0.15) is 12.2 Å². The van der Waals surface area contributed by atoms with Crippen molar-refractivity contribution in [3.8, 4) is 0 Å². The first-order valence-corrected chi connectivity index (χ1v) is 11.4. The number of ether oxygens (including phenoxy) is 1. The second kappa shape index (κ2) is 9.00. The van der Waals surface area contributed by atoms with Crippen LogP contribution in [-0.4, -0.2) is 32.8 Å². The van der Waals surface area contributed by atoms with Gasteiger partial charge in [0.2, 0.25) is 10.0 Å². The molecular formula is C21H19Cl2NO6S. The summed E-state index contributed by atoms with van der Waals surface area (Å²) in [6.07, 6.45) is 0.655. The van der Waals surface area contributed by atoms with Crippen LogP contribution in [0.4, 0.5) is 0 Å². The number of carbonyl (C=O) groups excluding carboxylic acids is 1. The molecule has 0 bridgehead atoms. The van der Waals surface area contributed by atoms with Gasteiger partial charge in [0, 0.05) is 36.1 Å². The Hall–Kier alpha value is -2.39. The minimum atomic E-state index is -3.76. The Morgan fingerprint density at radius 1 is 1.06 bits per heavy atom. The van der Waals surface area contributed by atoms with E-state index in [0.29, 0.717) is 28.0 Å². The van der Waals surface area contributed by atoms with Crippen LogP contribution in [0.25, 0.3) is 11.0 Å². The third-order valence-electron chi connectivity index (χ3n) is 4.67. The van der Waals surface area contributed by atoms with Crippen LogP contribution < -0.4 is 5.63 Å². The second-order valence-electron chi connectivity index (χ2n) is 6.89. The zero-order valence-corrected chi connectivity index (χ0v) is 19.3. The molecule has 0 radical (unpaired) electrons. The molecule has 1 heterocycles. The number of nitrogens with zero attached hydrogens (tertiary/aromatic N) is 1. The Balaban J connectivity index is 1.94. The first-order valence-electron chi connectivity index (χ1n) is 9.19. The number of sulfonamides is 1. The van der Waals surface area contributed by atoms with Gasteiger partial charge >= 0.3 is 11.6 Å². The van der Waals surface area contributed by atoms with Crippen LogP contribution in [0.3, 0.4) is 0 Å². The summed E-state index contributed by atoms with van der Waals surface area (Å²) < 4.78 is 36.3. The van der Waals surface area contributed by atoms with Gasteiger partial charge in [-0.2, -0.15) is 0 Å². The van der Waals surface area contributed by atoms with Crippen molar-refractivity contribution in [1.29, 1.82) is 0 Å². The van der Waals surface area contributed by atoms with Crippen molar-refractivity contribution in [2.24, 2.45) is 0 Å². The van der Waals surface area contributed by atoms with E-state index < -0.39 is 21.6 Å². The highest BCUT2D eigenvalue weighted by Crippen LogP contribution is 2.27. The standard InChI is InChI=1S/C21H19Cl2NO6S/c1-4-12-7-19-15(10-18(12)23)13(8-20(25)30-19)11-29-21(26)16-9-14(5-6-17(16)22)31(27,28)24(2)3/h5-10H,4,11H2,1-3H3. The van der Waals surface area contributed by atoms with Gasteiger partial charge in [-0.3, -0.25) is 0 Å². The lowest BCUT2D eigenvalue weighted by Gasteiger charge is -2.13. The molecule has 0 aliphatic rings. The van der Waals surface area contributed by atoms with Gasteiger partial charge in [-0.15, -0.1) is 0 Å². The van der Waals surface area contributed by atoms with Crippen LogP contribution in [0.15, 0.2) is 50.5 Å². The maximum Gasteiger partial charge on any atom is 0.340 e. The van der Waals surface area contributed by atoms with E-state index in [2.05, 4.69) is 0 Å². The van der Waals surface area contributed by atoms with E-state index in [0.717, 1.165) is 15.9 Å². The van der Waals surface area contributed by atoms with Crippen LogP contribution in [0.2, 0.25) is 10.0 Å². The third-order valence-corrected chi connectivity index (χ3v) is 7.17. The smallest absolute Gasteiger partial charge is 0.340 e. The van der Waals surface area contributed by atoms with E-state index in [1.807, 2.05) is 6.92 Å². The van der Waals surface area contributed by atoms with Gasteiger partial charge in [0.05, 0.1) is 15.5 Å². The van der Waals surface area contributed by atoms with E-state index in [9.17, 15) is 18.0 Å². The van der Waals surface area contributed by atoms with Crippen molar-refractivity contribution in [2.75, 3.05) is 14.1 Å². The Labute approximate surface area is 189 Å². The van der Waals surface area contributed by atoms with Crippen LogP contribution >= 0.6 is 23.2 Å². The normalized spacial score (nSPS) is 11.8. The molecule has 164 valence electrons. The molecule has 2 aromatic carbocycles. The average Bonchev–Trinajstić information content (AvgIpc) is 2.71. The van der Waals surface area contributed by atoms with Gasteiger partial charge in [0.25, 0.3) is 0 Å². The molecule has 0 saturated heterocycles. The molecule has 3 aromatic rings. The monoisotopic (exact) mass is 483 g/mol. The van der Waals surface area contributed by atoms with Crippen LogP contribution in [0, 0.1) is 0 Å². The third kappa shape index (κ3) is 4.77. The first-order chi connectivity index (χ1) is 14.5. The average molecular weight is 484 g/mol. The van der Waals surface area contributed by atoms with Gasteiger partial charge in [-0.25, -0.2) is 22.3 Å². The lowest BCUT2D eigenvalue weighted by atomic mass is 10.1. The molecule has 0 amide bonds. The molecule has 31 heavy (non-hydrogen) atoms. The molecule has 0 aliphatic heterocycles. The molecule has 0 fully saturated rings. The number of benzene rings is 2. The number of halogens is 2. The SMILES string of the molecule is CCc1cc2oc(=O)cc(COC(=O)c3cc(S(=O)(=O)N(C)C)ccc3Cl)c2cc1Cl. The highest BCUT2D eigenvalue weighted by molar-refractivity contribution is 7.89. The van der Waals surface area contributed by atoms with E-state index in [4.69, 9.17) is 32.4 Å². The Bertz CT molecular complexity index is 1330. The highest BCUT2D eigenvalue weighted by atomic mass is 35.5. The molecule has 7 nitrogen and oxygen atoms in total. The predicted molar refractivity (Wildman–Crippen MR) is 118 cm³/mol. The maximum absolute atomic E-state index is 12.6. The summed E-state index contributed by atoms with van der Waals surface area (Å²) in [6.45, 7) is 1.66. The van der Waals surface area contributed by atoms with Crippen molar-refractivity contribution >= 4 is 50.2 Å².